The fourth-order valence-electron chi connectivity index (χ4n) is 2.82. The van der Waals surface area contributed by atoms with Crippen LogP contribution in [0.1, 0.15) is 23.6 Å². The number of rotatable bonds is 6. The average Bonchev–Trinajstić information content (AvgIpc) is 2.72. The van der Waals surface area contributed by atoms with Gasteiger partial charge in [-0.15, -0.1) is 0 Å². The van der Waals surface area contributed by atoms with E-state index in [4.69, 9.17) is 17.3 Å². The molecular weight excluding hydrogens is 442 g/mol. The fourth-order valence-corrected chi connectivity index (χ4v) is 3.03. The van der Waals surface area contributed by atoms with E-state index in [1.165, 1.54) is 24.6 Å². The molecule has 0 saturated heterocycles. The van der Waals surface area contributed by atoms with Crippen LogP contribution in [-0.4, -0.2) is 10.7 Å². The summed E-state index contributed by atoms with van der Waals surface area (Å²) < 4.78 is 27.4. The maximum atomic E-state index is 13.7. The van der Waals surface area contributed by atoms with Crippen LogP contribution < -0.4 is 11.1 Å². The monoisotopic (exact) mass is 468 g/mol. The van der Waals surface area contributed by atoms with Gasteiger partial charge in [-0.1, -0.05) is 30.3 Å². The summed E-state index contributed by atoms with van der Waals surface area (Å²) in [7, 11) is 0. The quantitative estimate of drug-likeness (QED) is 0.393. The molecule has 0 unspecified atom stereocenters. The number of nitrogens with one attached hydrogen (secondary N) is 1. The van der Waals surface area contributed by atoms with Gasteiger partial charge in [0.2, 0.25) is 0 Å². The lowest BCUT2D eigenvalue weighted by atomic mass is 10.1. The Morgan fingerprint density at radius 3 is 2.27 bits per heavy atom. The number of aromatic nitrogens is 1. The molecule has 0 spiro atoms. The van der Waals surface area contributed by atoms with E-state index in [1.807, 2.05) is 37.3 Å². The molecular formula is C26H27ClF2N4. The zero-order valence-corrected chi connectivity index (χ0v) is 19.6. The van der Waals surface area contributed by atoms with Crippen molar-refractivity contribution in [3.05, 3.63) is 118 Å². The third-order valence-electron chi connectivity index (χ3n) is 4.41. The number of halogens is 3. The molecule has 4 nitrogen and oxygen atoms in total. The molecule has 0 saturated carbocycles. The van der Waals surface area contributed by atoms with Gasteiger partial charge >= 0.3 is 0 Å². The number of pyridine rings is 1. The number of hydrogen-bond acceptors (Lipinski definition) is 4. The molecule has 3 rings (SSSR count). The second kappa shape index (κ2) is 12.5. The highest BCUT2D eigenvalue weighted by Gasteiger charge is 2.07. The van der Waals surface area contributed by atoms with Gasteiger partial charge < -0.3 is 11.1 Å². The summed E-state index contributed by atoms with van der Waals surface area (Å²) in [5.41, 5.74) is 9.40. The van der Waals surface area contributed by atoms with Gasteiger partial charge in [-0.3, -0.25) is 4.98 Å². The lowest BCUT2D eigenvalue weighted by Crippen LogP contribution is -2.07. The first-order chi connectivity index (χ1) is 15.6. The summed E-state index contributed by atoms with van der Waals surface area (Å²) in [5.74, 6) is -1.05. The molecule has 1 heterocycles. The zero-order chi connectivity index (χ0) is 24.4. The summed E-state index contributed by atoms with van der Waals surface area (Å²) in [5, 5.41) is 3.58. The highest BCUT2D eigenvalue weighted by atomic mass is 35.5. The van der Waals surface area contributed by atoms with Gasteiger partial charge in [0.15, 0.2) is 0 Å². The van der Waals surface area contributed by atoms with Crippen molar-refractivity contribution < 1.29 is 8.78 Å². The topological polar surface area (TPSA) is 63.3 Å². The molecule has 3 aromatic rings. The molecule has 0 radical (unpaired) electrons. The van der Waals surface area contributed by atoms with E-state index in [2.05, 4.69) is 21.9 Å². The first kappa shape index (κ1) is 25.7. The Morgan fingerprint density at radius 2 is 1.76 bits per heavy atom. The summed E-state index contributed by atoms with van der Waals surface area (Å²) in [4.78, 5) is 8.07. The predicted octanol–water partition coefficient (Wildman–Crippen LogP) is 6.75. The number of aryl methyl sites for hydroxylation is 1. The maximum Gasteiger partial charge on any atom is 0.131 e. The van der Waals surface area contributed by atoms with Crippen LogP contribution in [0.5, 0.6) is 0 Å². The van der Waals surface area contributed by atoms with Crippen LogP contribution >= 0.6 is 11.6 Å². The molecule has 172 valence electrons. The van der Waals surface area contributed by atoms with Crippen molar-refractivity contribution in [3.63, 3.8) is 0 Å². The van der Waals surface area contributed by atoms with Crippen LogP contribution in [0.25, 0.3) is 0 Å². The van der Waals surface area contributed by atoms with Gasteiger partial charge in [-0.25, -0.2) is 13.8 Å². The van der Waals surface area contributed by atoms with E-state index >= 15 is 0 Å². The Bertz CT molecular complexity index is 1130. The second-order valence-electron chi connectivity index (χ2n) is 7.44. The van der Waals surface area contributed by atoms with E-state index in [0.29, 0.717) is 28.5 Å². The minimum absolute atomic E-state index is 0.0141. The largest absolute Gasteiger partial charge is 0.384 e. The van der Waals surface area contributed by atoms with Crippen molar-refractivity contribution in [2.75, 3.05) is 5.32 Å². The summed E-state index contributed by atoms with van der Waals surface area (Å²) >= 11 is 6.01. The standard InChI is InChI=1S/C20H20ClF2N3.C6H7N/c1-12(25-18-10-19(22)13(2)20(23)11-18)7-17(26-14(3)24)9-15-5-4-6-16(21)8-15;1-6-2-4-7-5-3-6/h4-8,10-11,25H,3,9,24H2,1-2H3;2-5H,1H3/b12-7+,26-17+;. The first-order valence-corrected chi connectivity index (χ1v) is 10.6. The van der Waals surface area contributed by atoms with Gasteiger partial charge in [0.25, 0.3) is 0 Å². The van der Waals surface area contributed by atoms with E-state index in [1.54, 1.807) is 31.5 Å². The van der Waals surface area contributed by atoms with Crippen molar-refractivity contribution in [1.29, 1.82) is 0 Å². The van der Waals surface area contributed by atoms with Gasteiger partial charge in [-0.2, -0.15) is 0 Å². The molecule has 7 heteroatoms. The zero-order valence-electron chi connectivity index (χ0n) is 18.9. The number of nitrogens with zero attached hydrogens (tertiary/aromatic N) is 2. The Kier molecular flexibility index (Phi) is 9.76. The summed E-state index contributed by atoms with van der Waals surface area (Å²) in [6.45, 7) is 8.79. The third-order valence-corrected chi connectivity index (χ3v) is 4.65. The normalized spacial score (nSPS) is 11.5. The van der Waals surface area contributed by atoms with Crippen molar-refractivity contribution in [2.24, 2.45) is 10.7 Å². The number of benzene rings is 2. The van der Waals surface area contributed by atoms with Gasteiger partial charge in [0.05, 0.1) is 0 Å². The van der Waals surface area contributed by atoms with Crippen molar-refractivity contribution in [3.8, 4) is 0 Å². The molecule has 3 N–H and O–H groups in total. The predicted molar refractivity (Wildman–Crippen MR) is 133 cm³/mol. The molecule has 0 fully saturated rings. The van der Waals surface area contributed by atoms with Gasteiger partial charge in [0.1, 0.15) is 17.5 Å². The minimum atomic E-state index is -0.608. The molecule has 0 aliphatic heterocycles. The minimum Gasteiger partial charge on any atom is -0.384 e. The maximum absolute atomic E-state index is 13.7. The molecule has 0 aliphatic rings. The SMILES string of the molecule is C=C(N)/N=C(\C=C(/C)Nc1cc(F)c(C)c(F)c1)Cc1cccc(Cl)c1.Cc1ccncc1. The van der Waals surface area contributed by atoms with Crippen molar-refractivity contribution in [1.82, 2.24) is 4.98 Å². The lowest BCUT2D eigenvalue weighted by molar-refractivity contribution is 0.569. The number of anilines is 1. The van der Waals surface area contributed by atoms with Crippen molar-refractivity contribution in [2.45, 2.75) is 27.2 Å². The molecule has 1 aromatic heterocycles. The summed E-state index contributed by atoms with van der Waals surface area (Å²) in [6.07, 6.45) is 5.80. The lowest BCUT2D eigenvalue weighted by Gasteiger charge is -2.10. The number of aliphatic imine (C=N–C) groups is 1. The average molecular weight is 469 g/mol. The molecule has 0 atom stereocenters. The Hall–Kier alpha value is -3.51. The van der Waals surface area contributed by atoms with Crippen molar-refractivity contribution >= 4 is 23.0 Å². The van der Waals surface area contributed by atoms with Crippen LogP contribution in [-0.2, 0) is 6.42 Å². The van der Waals surface area contributed by atoms with E-state index < -0.39 is 11.6 Å². The van der Waals surface area contributed by atoms with Crippen LogP contribution in [0.4, 0.5) is 14.5 Å². The van der Waals surface area contributed by atoms with Gasteiger partial charge in [0, 0.05) is 46.5 Å². The first-order valence-electron chi connectivity index (χ1n) is 10.2. The van der Waals surface area contributed by atoms with Crippen LogP contribution in [0, 0.1) is 25.5 Å². The highest BCUT2D eigenvalue weighted by Crippen LogP contribution is 2.19. The number of hydrogen-bond donors (Lipinski definition) is 2. The third kappa shape index (κ3) is 9.25. The number of allylic oxidation sites excluding steroid dienone is 2. The van der Waals surface area contributed by atoms with Gasteiger partial charge in [-0.05, 0) is 74.4 Å². The highest BCUT2D eigenvalue weighted by molar-refractivity contribution is 6.30. The van der Waals surface area contributed by atoms with Crippen LogP contribution in [0.3, 0.4) is 0 Å². The van der Waals surface area contributed by atoms with Crippen LogP contribution in [0.2, 0.25) is 5.02 Å². The Morgan fingerprint density at radius 1 is 1.12 bits per heavy atom. The van der Waals surface area contributed by atoms with E-state index in [-0.39, 0.29) is 11.4 Å². The molecule has 0 bridgehead atoms. The Labute approximate surface area is 198 Å². The molecule has 0 amide bonds. The fraction of sp³-hybridized carbons (Fsp3) is 0.154. The van der Waals surface area contributed by atoms with Crippen LogP contribution in [0.15, 0.2) is 90.1 Å². The molecule has 0 aliphatic carbocycles. The second-order valence-corrected chi connectivity index (χ2v) is 7.88. The van der Waals surface area contributed by atoms with E-state index in [0.717, 1.165) is 5.56 Å². The Balaban J connectivity index is 0.000000468. The smallest absolute Gasteiger partial charge is 0.131 e. The molecule has 2 aromatic carbocycles. The molecule has 33 heavy (non-hydrogen) atoms. The summed E-state index contributed by atoms with van der Waals surface area (Å²) in [6, 6.07) is 13.8. The van der Waals surface area contributed by atoms with E-state index in [9.17, 15) is 8.78 Å². The number of nitrogens with two attached hydrogens (primary N) is 1.